The van der Waals surface area contributed by atoms with Crippen molar-refractivity contribution in [3.63, 3.8) is 0 Å². The molecule has 1 saturated heterocycles. The number of aryl methyl sites for hydroxylation is 1. The molecule has 3 rings (SSSR count). The molecule has 0 bridgehead atoms. The predicted octanol–water partition coefficient (Wildman–Crippen LogP) is -0.398. The minimum absolute atomic E-state index is 0.0842. The average molecular weight is 281 g/mol. The van der Waals surface area contributed by atoms with Crippen molar-refractivity contribution in [1.29, 1.82) is 0 Å². The molecule has 7 heteroatoms. The molecule has 0 amide bonds. The Kier molecular flexibility index (Phi) is 3.14. The first kappa shape index (κ1) is 12.7. The lowest BCUT2D eigenvalue weighted by atomic mass is 10.3. The quantitative estimate of drug-likeness (QED) is 0.783. The van der Waals surface area contributed by atoms with Gasteiger partial charge < -0.3 is 10.2 Å². The van der Waals surface area contributed by atoms with Crippen LogP contribution in [0.25, 0.3) is 4.96 Å². The van der Waals surface area contributed by atoms with Crippen LogP contribution in [0.2, 0.25) is 0 Å². The fraction of sp³-hybridized carbons (Fsp3) is 0.500. The van der Waals surface area contributed by atoms with Crippen LogP contribution < -0.4 is 5.56 Å². The highest BCUT2D eigenvalue weighted by Gasteiger charge is 2.29. The molecule has 0 saturated carbocycles. The van der Waals surface area contributed by atoms with Gasteiger partial charge in [-0.05, 0) is 6.92 Å². The molecule has 0 radical (unpaired) electrons. The maximum atomic E-state index is 12.0. The van der Waals surface area contributed by atoms with Crippen LogP contribution in [0, 0.1) is 6.92 Å². The van der Waals surface area contributed by atoms with Crippen molar-refractivity contribution in [3.8, 4) is 0 Å². The van der Waals surface area contributed by atoms with Crippen LogP contribution in [0.15, 0.2) is 16.2 Å². The molecule has 1 fully saturated rings. The van der Waals surface area contributed by atoms with Gasteiger partial charge in [-0.25, -0.2) is 4.98 Å². The fourth-order valence-electron chi connectivity index (χ4n) is 2.39. The molecule has 2 aromatic heterocycles. The molecule has 19 heavy (non-hydrogen) atoms. The Labute approximate surface area is 113 Å². The molecule has 3 heterocycles. The number of rotatable bonds is 2. The summed E-state index contributed by atoms with van der Waals surface area (Å²) in [5.74, 6) is 0. The van der Waals surface area contributed by atoms with Gasteiger partial charge in [0.15, 0.2) is 4.96 Å². The normalized spacial score (nSPS) is 24.4. The van der Waals surface area contributed by atoms with Crippen molar-refractivity contribution in [1.82, 2.24) is 14.3 Å². The SMILES string of the molecule is Cc1csc2nc(CN3CC(O)C(O)C3)cc(=O)n12. The molecule has 0 aromatic carbocycles. The lowest BCUT2D eigenvalue weighted by Crippen LogP contribution is -2.24. The molecule has 2 aromatic rings. The third kappa shape index (κ3) is 2.30. The highest BCUT2D eigenvalue weighted by atomic mass is 32.1. The Morgan fingerprint density at radius 1 is 1.42 bits per heavy atom. The average Bonchev–Trinajstić information content (AvgIpc) is 2.84. The number of likely N-dealkylation sites (tertiary alicyclic amines) is 1. The lowest BCUT2D eigenvalue weighted by molar-refractivity contribution is 0.0572. The molecule has 1 aliphatic rings. The van der Waals surface area contributed by atoms with Gasteiger partial charge in [-0.2, -0.15) is 0 Å². The van der Waals surface area contributed by atoms with Gasteiger partial charge in [0, 0.05) is 36.8 Å². The van der Waals surface area contributed by atoms with E-state index in [1.165, 1.54) is 17.4 Å². The molecule has 102 valence electrons. The largest absolute Gasteiger partial charge is 0.389 e. The summed E-state index contributed by atoms with van der Waals surface area (Å²) in [7, 11) is 0. The number of fused-ring (bicyclic) bond motifs is 1. The van der Waals surface area contributed by atoms with Gasteiger partial charge in [0.05, 0.1) is 17.9 Å². The number of aromatic nitrogens is 2. The second kappa shape index (κ2) is 4.68. The predicted molar refractivity (Wildman–Crippen MR) is 71.4 cm³/mol. The van der Waals surface area contributed by atoms with Crippen molar-refractivity contribution in [3.05, 3.63) is 33.2 Å². The summed E-state index contributed by atoms with van der Waals surface area (Å²) in [6.45, 7) is 3.16. The van der Waals surface area contributed by atoms with Gasteiger partial charge in [-0.1, -0.05) is 0 Å². The first-order valence-corrected chi connectivity index (χ1v) is 6.98. The highest BCUT2D eigenvalue weighted by Crippen LogP contribution is 2.15. The van der Waals surface area contributed by atoms with E-state index in [1.807, 2.05) is 17.2 Å². The van der Waals surface area contributed by atoms with Gasteiger partial charge in [0.2, 0.25) is 0 Å². The van der Waals surface area contributed by atoms with E-state index in [4.69, 9.17) is 0 Å². The smallest absolute Gasteiger partial charge is 0.259 e. The van der Waals surface area contributed by atoms with Crippen molar-refractivity contribution in [2.24, 2.45) is 0 Å². The molecule has 2 unspecified atom stereocenters. The van der Waals surface area contributed by atoms with Crippen LogP contribution in [0.3, 0.4) is 0 Å². The van der Waals surface area contributed by atoms with Crippen LogP contribution in [0.4, 0.5) is 0 Å². The summed E-state index contributed by atoms with van der Waals surface area (Å²) in [6.07, 6.45) is -1.43. The Balaban J connectivity index is 1.88. The zero-order chi connectivity index (χ0) is 13.6. The van der Waals surface area contributed by atoms with Crippen LogP contribution in [-0.4, -0.2) is 49.8 Å². The number of hydrogen-bond acceptors (Lipinski definition) is 6. The number of β-amino-alcohol motifs (C(OH)–C–C–N with tert-alkyl or cyclic N) is 2. The summed E-state index contributed by atoms with van der Waals surface area (Å²) < 4.78 is 1.59. The number of aliphatic hydroxyl groups excluding tert-OH is 2. The van der Waals surface area contributed by atoms with E-state index in [0.29, 0.717) is 30.3 Å². The van der Waals surface area contributed by atoms with Crippen LogP contribution >= 0.6 is 11.3 Å². The maximum absolute atomic E-state index is 12.0. The molecular formula is C12H15N3O3S. The summed E-state index contributed by atoms with van der Waals surface area (Å²) >= 11 is 1.44. The number of hydrogen-bond donors (Lipinski definition) is 2. The van der Waals surface area contributed by atoms with Gasteiger partial charge in [0.1, 0.15) is 0 Å². The lowest BCUT2D eigenvalue weighted by Gasteiger charge is -2.13. The number of thiazole rings is 1. The second-order valence-corrected chi connectivity index (χ2v) is 5.75. The van der Waals surface area contributed by atoms with Crippen LogP contribution in [0.5, 0.6) is 0 Å². The van der Waals surface area contributed by atoms with E-state index in [-0.39, 0.29) is 5.56 Å². The Hall–Kier alpha value is -1.28. The van der Waals surface area contributed by atoms with Crippen molar-refractivity contribution in [2.45, 2.75) is 25.7 Å². The molecule has 2 atom stereocenters. The monoisotopic (exact) mass is 281 g/mol. The van der Waals surface area contributed by atoms with Gasteiger partial charge in [-0.15, -0.1) is 11.3 Å². The Morgan fingerprint density at radius 2 is 2.11 bits per heavy atom. The van der Waals surface area contributed by atoms with Gasteiger partial charge in [0.25, 0.3) is 5.56 Å². The second-order valence-electron chi connectivity index (χ2n) is 4.91. The topological polar surface area (TPSA) is 78.1 Å². The van der Waals surface area contributed by atoms with Gasteiger partial charge >= 0.3 is 0 Å². The van der Waals surface area contributed by atoms with E-state index < -0.39 is 12.2 Å². The molecule has 1 aliphatic heterocycles. The van der Waals surface area contributed by atoms with E-state index >= 15 is 0 Å². The first-order chi connectivity index (χ1) is 9.04. The van der Waals surface area contributed by atoms with E-state index in [2.05, 4.69) is 4.98 Å². The van der Waals surface area contributed by atoms with Crippen molar-refractivity contribution in [2.75, 3.05) is 13.1 Å². The van der Waals surface area contributed by atoms with Crippen molar-refractivity contribution >= 4 is 16.3 Å². The van der Waals surface area contributed by atoms with E-state index in [0.717, 1.165) is 5.69 Å². The third-order valence-electron chi connectivity index (χ3n) is 3.35. The zero-order valence-corrected chi connectivity index (χ0v) is 11.3. The summed E-state index contributed by atoms with van der Waals surface area (Å²) in [5.41, 5.74) is 1.48. The highest BCUT2D eigenvalue weighted by molar-refractivity contribution is 7.15. The van der Waals surface area contributed by atoms with Crippen molar-refractivity contribution < 1.29 is 10.2 Å². The Morgan fingerprint density at radius 3 is 2.79 bits per heavy atom. The minimum atomic E-state index is -0.714. The standard InChI is InChI=1S/C12H15N3O3S/c1-7-6-19-12-13-8(2-11(18)15(7)12)3-14-4-9(16)10(17)5-14/h2,6,9-10,16-17H,3-5H2,1H3. The number of nitrogens with zero attached hydrogens (tertiary/aromatic N) is 3. The Bertz CT molecular complexity index is 656. The first-order valence-electron chi connectivity index (χ1n) is 6.10. The molecule has 0 aliphatic carbocycles. The molecule has 0 spiro atoms. The molecular weight excluding hydrogens is 266 g/mol. The van der Waals surface area contributed by atoms with E-state index in [9.17, 15) is 15.0 Å². The third-order valence-corrected chi connectivity index (χ3v) is 4.29. The van der Waals surface area contributed by atoms with E-state index in [1.54, 1.807) is 4.40 Å². The molecule has 2 N–H and O–H groups in total. The fourth-order valence-corrected chi connectivity index (χ4v) is 3.28. The molecule has 6 nitrogen and oxygen atoms in total. The summed E-state index contributed by atoms with van der Waals surface area (Å²) in [6, 6.07) is 1.52. The summed E-state index contributed by atoms with van der Waals surface area (Å²) in [4.78, 5) is 19.0. The zero-order valence-electron chi connectivity index (χ0n) is 10.5. The summed E-state index contributed by atoms with van der Waals surface area (Å²) in [5, 5.41) is 20.9. The maximum Gasteiger partial charge on any atom is 0.259 e. The van der Waals surface area contributed by atoms with Crippen LogP contribution in [-0.2, 0) is 6.54 Å². The minimum Gasteiger partial charge on any atom is -0.389 e. The van der Waals surface area contributed by atoms with Crippen LogP contribution in [0.1, 0.15) is 11.4 Å². The number of aliphatic hydroxyl groups is 2. The van der Waals surface area contributed by atoms with Gasteiger partial charge in [-0.3, -0.25) is 14.1 Å².